The number of aliphatic carboxylic acids is 1. The Balaban J connectivity index is 1.44. The second kappa shape index (κ2) is 5.96. The van der Waals surface area contributed by atoms with Crippen molar-refractivity contribution in [3.05, 3.63) is 48.3 Å². The average molecular weight is 325 g/mol. The van der Waals surface area contributed by atoms with E-state index in [2.05, 4.69) is 26.8 Å². The largest absolute Gasteiger partial charge is 0.481 e. The number of carboxylic acids is 1. The van der Waals surface area contributed by atoms with Crippen molar-refractivity contribution in [1.29, 1.82) is 0 Å². The van der Waals surface area contributed by atoms with Crippen LogP contribution in [0, 0.1) is 0 Å². The molecular weight excluding hydrogens is 302 g/mol. The van der Waals surface area contributed by atoms with Crippen molar-refractivity contribution in [2.24, 2.45) is 0 Å². The van der Waals surface area contributed by atoms with Gasteiger partial charge in [-0.15, -0.1) is 0 Å². The Bertz CT molecular complexity index is 697. The van der Waals surface area contributed by atoms with E-state index in [1.807, 2.05) is 30.6 Å². The number of piperidine rings is 1. The molecule has 0 bridgehead atoms. The van der Waals surface area contributed by atoms with E-state index in [-0.39, 0.29) is 0 Å². The van der Waals surface area contributed by atoms with Crippen LogP contribution >= 0.6 is 0 Å². The molecular formula is C19H23N3O2. The fraction of sp³-hybridized carbons (Fsp3) is 0.474. The van der Waals surface area contributed by atoms with Crippen LogP contribution < -0.4 is 4.90 Å². The second-order valence-electron chi connectivity index (χ2n) is 6.99. The lowest BCUT2D eigenvalue weighted by molar-refractivity contribution is -0.147. The van der Waals surface area contributed by atoms with Gasteiger partial charge in [0.1, 0.15) is 0 Å². The number of aromatic nitrogens is 2. The number of carbonyl (C=O) groups is 1. The Labute approximate surface area is 141 Å². The van der Waals surface area contributed by atoms with Crippen molar-refractivity contribution in [3.63, 3.8) is 0 Å². The van der Waals surface area contributed by atoms with Crippen LogP contribution in [0.2, 0.25) is 0 Å². The molecule has 126 valence electrons. The molecule has 0 radical (unpaired) electrons. The molecule has 2 aliphatic rings. The molecule has 2 fully saturated rings. The molecule has 5 heteroatoms. The number of anilines is 1. The first-order chi connectivity index (χ1) is 11.7. The summed E-state index contributed by atoms with van der Waals surface area (Å²) < 4.78 is 2.06. The molecule has 0 atom stereocenters. The molecule has 1 aliphatic carbocycles. The molecule has 0 unspecified atom stereocenters. The highest BCUT2D eigenvalue weighted by Crippen LogP contribution is 2.44. The Kier molecular flexibility index (Phi) is 3.79. The monoisotopic (exact) mass is 325 g/mol. The summed E-state index contributed by atoms with van der Waals surface area (Å²) in [5, 5.41) is 13.9. The fourth-order valence-electron chi connectivity index (χ4n) is 4.03. The Hall–Kier alpha value is -2.30. The summed E-state index contributed by atoms with van der Waals surface area (Å²) in [6, 6.07) is 10.7. The van der Waals surface area contributed by atoms with Crippen molar-refractivity contribution in [1.82, 2.24) is 9.78 Å². The molecule has 1 aliphatic heterocycles. The second-order valence-corrected chi connectivity index (χ2v) is 6.99. The summed E-state index contributed by atoms with van der Waals surface area (Å²) in [5.41, 5.74) is 1.51. The van der Waals surface area contributed by atoms with Gasteiger partial charge >= 0.3 is 5.97 Å². The predicted molar refractivity (Wildman–Crippen MR) is 92.3 cm³/mol. The SMILES string of the molecule is O=C(O)C1(c2ccc(N3CCC(n4cccn4)CC3)cc2)CCC1. The third-order valence-corrected chi connectivity index (χ3v) is 5.76. The van der Waals surface area contributed by atoms with Gasteiger partial charge in [-0.3, -0.25) is 9.48 Å². The fourth-order valence-corrected chi connectivity index (χ4v) is 4.03. The smallest absolute Gasteiger partial charge is 0.314 e. The lowest BCUT2D eigenvalue weighted by Gasteiger charge is -2.38. The number of nitrogens with zero attached hydrogens (tertiary/aromatic N) is 3. The van der Waals surface area contributed by atoms with Crippen LogP contribution in [0.25, 0.3) is 0 Å². The number of carboxylic acid groups (broad SMARTS) is 1. The number of hydrogen-bond acceptors (Lipinski definition) is 3. The Morgan fingerprint density at radius 2 is 1.88 bits per heavy atom. The van der Waals surface area contributed by atoms with E-state index in [0.717, 1.165) is 50.8 Å². The topological polar surface area (TPSA) is 58.4 Å². The standard InChI is InChI=1S/C19H23N3O2/c23-18(24)19(9-1-10-19)15-3-5-16(6-4-15)21-13-7-17(8-14-21)22-12-2-11-20-22/h2-6,11-12,17H,1,7-10,13-14H2,(H,23,24). The normalized spacial score (nSPS) is 20.6. The van der Waals surface area contributed by atoms with E-state index in [1.165, 1.54) is 5.69 Å². The van der Waals surface area contributed by atoms with Gasteiger partial charge in [-0.1, -0.05) is 18.6 Å². The van der Waals surface area contributed by atoms with Crippen LogP contribution in [-0.4, -0.2) is 33.9 Å². The number of benzene rings is 1. The minimum atomic E-state index is -0.679. The lowest BCUT2D eigenvalue weighted by atomic mass is 9.64. The highest BCUT2D eigenvalue weighted by Gasteiger charge is 2.45. The van der Waals surface area contributed by atoms with Gasteiger partial charge in [-0.05, 0) is 49.4 Å². The van der Waals surface area contributed by atoms with Gasteiger partial charge < -0.3 is 10.0 Å². The van der Waals surface area contributed by atoms with Gasteiger partial charge in [-0.25, -0.2) is 0 Å². The van der Waals surface area contributed by atoms with E-state index in [1.54, 1.807) is 0 Å². The first-order valence-electron chi connectivity index (χ1n) is 8.77. The van der Waals surface area contributed by atoms with Gasteiger partial charge in [-0.2, -0.15) is 5.10 Å². The van der Waals surface area contributed by atoms with Crippen LogP contribution in [0.15, 0.2) is 42.7 Å². The molecule has 1 aromatic carbocycles. The summed E-state index contributed by atoms with van der Waals surface area (Å²) in [7, 11) is 0. The maximum absolute atomic E-state index is 11.6. The molecule has 0 spiro atoms. The van der Waals surface area contributed by atoms with Crippen molar-refractivity contribution in [3.8, 4) is 0 Å². The quantitative estimate of drug-likeness (QED) is 0.937. The maximum atomic E-state index is 11.6. The minimum Gasteiger partial charge on any atom is -0.481 e. The Morgan fingerprint density at radius 3 is 2.38 bits per heavy atom. The minimum absolute atomic E-state index is 0.487. The molecule has 1 N–H and O–H groups in total. The zero-order valence-corrected chi connectivity index (χ0v) is 13.8. The van der Waals surface area contributed by atoms with Gasteiger partial charge in [0.05, 0.1) is 11.5 Å². The molecule has 5 nitrogen and oxygen atoms in total. The van der Waals surface area contributed by atoms with Gasteiger partial charge in [0.25, 0.3) is 0 Å². The zero-order valence-electron chi connectivity index (χ0n) is 13.8. The first-order valence-corrected chi connectivity index (χ1v) is 8.77. The van der Waals surface area contributed by atoms with Crippen LogP contribution in [0.5, 0.6) is 0 Å². The highest BCUT2D eigenvalue weighted by atomic mass is 16.4. The van der Waals surface area contributed by atoms with Crippen molar-refractivity contribution in [2.75, 3.05) is 18.0 Å². The molecule has 1 saturated carbocycles. The highest BCUT2D eigenvalue weighted by molar-refractivity contribution is 5.82. The van der Waals surface area contributed by atoms with E-state index in [4.69, 9.17) is 0 Å². The molecule has 2 aromatic rings. The zero-order chi connectivity index (χ0) is 16.6. The molecule has 0 amide bonds. The third kappa shape index (κ3) is 2.48. The van der Waals surface area contributed by atoms with E-state index in [0.29, 0.717) is 6.04 Å². The molecule has 1 aromatic heterocycles. The van der Waals surface area contributed by atoms with Gasteiger partial charge in [0.2, 0.25) is 0 Å². The first kappa shape index (κ1) is 15.2. The van der Waals surface area contributed by atoms with Gasteiger partial charge in [0.15, 0.2) is 0 Å². The van der Waals surface area contributed by atoms with Gasteiger partial charge in [0, 0.05) is 31.2 Å². The van der Waals surface area contributed by atoms with E-state index < -0.39 is 11.4 Å². The van der Waals surface area contributed by atoms with Crippen molar-refractivity contribution < 1.29 is 9.90 Å². The molecule has 2 heterocycles. The Morgan fingerprint density at radius 1 is 1.17 bits per heavy atom. The van der Waals surface area contributed by atoms with Crippen molar-refractivity contribution >= 4 is 11.7 Å². The summed E-state index contributed by atoms with van der Waals surface area (Å²) in [6.45, 7) is 2.02. The van der Waals surface area contributed by atoms with Crippen LogP contribution in [0.3, 0.4) is 0 Å². The average Bonchev–Trinajstić information content (AvgIpc) is 3.09. The number of hydrogen-bond donors (Lipinski definition) is 1. The van der Waals surface area contributed by atoms with Crippen LogP contribution in [0.1, 0.15) is 43.7 Å². The predicted octanol–water partition coefficient (Wildman–Crippen LogP) is 3.23. The molecule has 4 rings (SSSR count). The summed E-state index contributed by atoms with van der Waals surface area (Å²) in [5.74, 6) is -0.679. The molecule has 1 saturated heterocycles. The number of rotatable bonds is 4. The van der Waals surface area contributed by atoms with Crippen LogP contribution in [0.4, 0.5) is 5.69 Å². The summed E-state index contributed by atoms with van der Waals surface area (Å²) in [4.78, 5) is 14.0. The van der Waals surface area contributed by atoms with Crippen LogP contribution in [-0.2, 0) is 10.2 Å². The third-order valence-electron chi connectivity index (χ3n) is 5.76. The summed E-state index contributed by atoms with van der Waals surface area (Å²) in [6.07, 6.45) is 8.58. The summed E-state index contributed by atoms with van der Waals surface area (Å²) >= 11 is 0. The van der Waals surface area contributed by atoms with E-state index in [9.17, 15) is 9.90 Å². The lowest BCUT2D eigenvalue weighted by Crippen LogP contribution is -2.42. The molecule has 24 heavy (non-hydrogen) atoms. The van der Waals surface area contributed by atoms with Crippen molar-refractivity contribution in [2.45, 2.75) is 43.6 Å². The van der Waals surface area contributed by atoms with E-state index >= 15 is 0 Å². The maximum Gasteiger partial charge on any atom is 0.314 e.